The fourth-order valence-corrected chi connectivity index (χ4v) is 4.04. The van der Waals surface area contributed by atoms with Crippen LogP contribution in [0, 0.1) is 0 Å². The van der Waals surface area contributed by atoms with Gasteiger partial charge >= 0.3 is 0 Å². The Kier molecular flexibility index (Phi) is 3.43. The number of nitrogens with zero attached hydrogens (tertiary/aromatic N) is 1. The molecule has 1 saturated heterocycles. The third-order valence-electron chi connectivity index (χ3n) is 5.62. The van der Waals surface area contributed by atoms with E-state index in [1.807, 2.05) is 12.1 Å². The van der Waals surface area contributed by atoms with Crippen LogP contribution in [-0.2, 0) is 11.3 Å². The predicted octanol–water partition coefficient (Wildman–Crippen LogP) is 3.33. The first-order valence-electron chi connectivity index (χ1n) is 8.49. The molecule has 1 atom stereocenters. The molecule has 2 aliphatic carbocycles. The van der Waals surface area contributed by atoms with Crippen LogP contribution in [0.1, 0.15) is 50.5 Å². The molecule has 0 amide bonds. The molecule has 1 aromatic rings. The van der Waals surface area contributed by atoms with E-state index in [0.29, 0.717) is 6.04 Å². The fourth-order valence-electron chi connectivity index (χ4n) is 4.04. The Bertz CT molecular complexity index is 508. The normalized spacial score (nSPS) is 27.8. The summed E-state index contributed by atoms with van der Waals surface area (Å²) in [5, 5.41) is 0. The van der Waals surface area contributed by atoms with Crippen LogP contribution in [0.25, 0.3) is 0 Å². The van der Waals surface area contributed by atoms with Gasteiger partial charge in [0, 0.05) is 30.9 Å². The van der Waals surface area contributed by atoms with Gasteiger partial charge in [-0.05, 0) is 56.6 Å². The third kappa shape index (κ3) is 2.69. The maximum atomic E-state index is 6.16. The Labute approximate surface area is 127 Å². The van der Waals surface area contributed by atoms with Crippen molar-refractivity contribution in [1.82, 2.24) is 4.90 Å². The molecule has 2 N–H and O–H groups in total. The van der Waals surface area contributed by atoms with Gasteiger partial charge in [0.05, 0.1) is 5.60 Å². The molecule has 3 aliphatic rings. The second kappa shape index (κ2) is 5.29. The second-order valence-corrected chi connectivity index (χ2v) is 7.13. The van der Waals surface area contributed by atoms with Crippen LogP contribution in [0.3, 0.4) is 0 Å². The summed E-state index contributed by atoms with van der Waals surface area (Å²) in [4.78, 5) is 2.73. The van der Waals surface area contributed by atoms with Crippen molar-refractivity contribution in [3.8, 4) is 0 Å². The van der Waals surface area contributed by atoms with Gasteiger partial charge in [0.2, 0.25) is 0 Å². The van der Waals surface area contributed by atoms with Crippen molar-refractivity contribution >= 4 is 5.69 Å². The zero-order chi connectivity index (χ0) is 14.3. The zero-order valence-corrected chi connectivity index (χ0v) is 12.8. The molecular weight excluding hydrogens is 260 g/mol. The average molecular weight is 286 g/mol. The highest BCUT2D eigenvalue weighted by molar-refractivity contribution is 5.46. The van der Waals surface area contributed by atoms with Crippen LogP contribution >= 0.6 is 0 Å². The number of para-hydroxylation sites is 1. The quantitative estimate of drug-likeness (QED) is 0.863. The maximum absolute atomic E-state index is 6.16. The van der Waals surface area contributed by atoms with Crippen molar-refractivity contribution in [3.63, 3.8) is 0 Å². The van der Waals surface area contributed by atoms with Crippen molar-refractivity contribution in [3.05, 3.63) is 29.8 Å². The molecule has 3 nitrogen and oxygen atoms in total. The number of rotatable bonds is 4. The number of anilines is 1. The summed E-state index contributed by atoms with van der Waals surface area (Å²) < 4.78 is 6.10. The molecule has 1 spiro atoms. The summed E-state index contributed by atoms with van der Waals surface area (Å²) in [6.45, 7) is 1.95. The van der Waals surface area contributed by atoms with E-state index in [1.165, 1.54) is 50.5 Å². The van der Waals surface area contributed by atoms with Gasteiger partial charge in [0.1, 0.15) is 0 Å². The highest BCUT2D eigenvalue weighted by atomic mass is 16.5. The van der Waals surface area contributed by atoms with E-state index < -0.39 is 0 Å². The Morgan fingerprint density at radius 3 is 2.62 bits per heavy atom. The number of nitrogens with two attached hydrogens (primary N) is 1. The number of hydrogen-bond donors (Lipinski definition) is 1. The first-order valence-corrected chi connectivity index (χ1v) is 8.49. The van der Waals surface area contributed by atoms with Gasteiger partial charge in [-0.15, -0.1) is 0 Å². The molecule has 3 heteroatoms. The van der Waals surface area contributed by atoms with Crippen molar-refractivity contribution < 1.29 is 4.74 Å². The minimum absolute atomic E-state index is 0.234. The van der Waals surface area contributed by atoms with Crippen LogP contribution in [-0.4, -0.2) is 29.2 Å². The highest BCUT2D eigenvalue weighted by Crippen LogP contribution is 2.45. The van der Waals surface area contributed by atoms with Gasteiger partial charge in [-0.25, -0.2) is 0 Å². The van der Waals surface area contributed by atoms with Crippen molar-refractivity contribution in [1.29, 1.82) is 0 Å². The lowest BCUT2D eigenvalue weighted by Crippen LogP contribution is -2.52. The molecule has 1 heterocycles. The molecule has 114 valence electrons. The molecule has 1 aromatic carbocycles. The van der Waals surface area contributed by atoms with Crippen molar-refractivity contribution in [2.24, 2.45) is 0 Å². The molecule has 4 rings (SSSR count). The van der Waals surface area contributed by atoms with Crippen LogP contribution in [0.5, 0.6) is 0 Å². The number of nitrogen functional groups attached to an aromatic ring is 1. The minimum Gasteiger partial charge on any atom is -0.398 e. The molecule has 1 aliphatic heterocycles. The van der Waals surface area contributed by atoms with E-state index in [1.54, 1.807) is 0 Å². The molecule has 0 bridgehead atoms. The zero-order valence-electron chi connectivity index (χ0n) is 12.8. The Balaban J connectivity index is 1.50. The Morgan fingerprint density at radius 1 is 1.14 bits per heavy atom. The lowest BCUT2D eigenvalue weighted by molar-refractivity contribution is -0.150. The Hall–Kier alpha value is -1.06. The molecule has 21 heavy (non-hydrogen) atoms. The Morgan fingerprint density at radius 2 is 1.95 bits per heavy atom. The van der Waals surface area contributed by atoms with Gasteiger partial charge < -0.3 is 10.5 Å². The van der Waals surface area contributed by atoms with E-state index >= 15 is 0 Å². The smallest absolute Gasteiger partial charge is 0.0697 e. The summed E-state index contributed by atoms with van der Waals surface area (Å²) >= 11 is 0. The van der Waals surface area contributed by atoms with Gasteiger partial charge in [-0.2, -0.15) is 0 Å². The van der Waals surface area contributed by atoms with Gasteiger partial charge in [-0.3, -0.25) is 4.90 Å². The average Bonchev–Trinajstić information content (AvgIpc) is 3.29. The summed E-state index contributed by atoms with van der Waals surface area (Å²) in [7, 11) is 0. The van der Waals surface area contributed by atoms with Crippen LogP contribution in [0.15, 0.2) is 24.3 Å². The lowest BCUT2D eigenvalue weighted by Gasteiger charge is -2.49. The molecule has 1 unspecified atom stereocenters. The minimum atomic E-state index is 0.234. The first kappa shape index (κ1) is 13.6. The highest BCUT2D eigenvalue weighted by Gasteiger charge is 2.46. The number of ether oxygens (including phenoxy) is 1. The van der Waals surface area contributed by atoms with Crippen LogP contribution in [0.4, 0.5) is 5.69 Å². The monoisotopic (exact) mass is 286 g/mol. The van der Waals surface area contributed by atoms with E-state index in [2.05, 4.69) is 17.0 Å². The summed E-state index contributed by atoms with van der Waals surface area (Å²) in [5.74, 6) is 0. The van der Waals surface area contributed by atoms with Gasteiger partial charge in [-0.1, -0.05) is 18.2 Å². The van der Waals surface area contributed by atoms with Crippen LogP contribution in [0.2, 0.25) is 0 Å². The molecule has 0 radical (unpaired) electrons. The molecule has 0 aromatic heterocycles. The summed E-state index contributed by atoms with van der Waals surface area (Å²) in [6, 6.07) is 9.81. The fraction of sp³-hybridized carbons (Fsp3) is 0.667. The number of hydrogen-bond acceptors (Lipinski definition) is 3. The van der Waals surface area contributed by atoms with Gasteiger partial charge in [0.25, 0.3) is 0 Å². The van der Waals surface area contributed by atoms with Crippen molar-refractivity contribution in [2.45, 2.75) is 69.2 Å². The summed E-state index contributed by atoms with van der Waals surface area (Å²) in [5.41, 5.74) is 8.62. The van der Waals surface area contributed by atoms with E-state index in [-0.39, 0.29) is 5.60 Å². The predicted molar refractivity (Wildman–Crippen MR) is 85.0 cm³/mol. The molecule has 2 saturated carbocycles. The summed E-state index contributed by atoms with van der Waals surface area (Å²) in [6.07, 6.45) is 9.03. The molecular formula is C18H26N2O. The topological polar surface area (TPSA) is 38.5 Å². The second-order valence-electron chi connectivity index (χ2n) is 7.13. The third-order valence-corrected chi connectivity index (χ3v) is 5.62. The first-order chi connectivity index (χ1) is 10.3. The van der Waals surface area contributed by atoms with E-state index in [9.17, 15) is 0 Å². The largest absolute Gasteiger partial charge is 0.398 e. The van der Waals surface area contributed by atoms with Crippen molar-refractivity contribution in [2.75, 3.05) is 12.3 Å². The number of benzene rings is 1. The van der Waals surface area contributed by atoms with Gasteiger partial charge in [0.15, 0.2) is 0 Å². The molecule has 3 fully saturated rings. The van der Waals surface area contributed by atoms with E-state index in [4.69, 9.17) is 10.5 Å². The standard InChI is InChI=1S/C18H26N2O/c19-17-5-2-1-4-14(17)13-20(15-6-7-15)16-8-11-21-18(12-16)9-3-10-18/h1-2,4-5,15-16H,3,6-13,19H2. The maximum Gasteiger partial charge on any atom is 0.0697 e. The van der Waals surface area contributed by atoms with E-state index in [0.717, 1.165) is 24.9 Å². The lowest BCUT2D eigenvalue weighted by atomic mass is 9.73. The SMILES string of the molecule is Nc1ccccc1CN(C1CC1)C1CCOC2(CCC2)C1. The van der Waals surface area contributed by atoms with Crippen LogP contribution < -0.4 is 5.73 Å².